The third-order valence-electron chi connectivity index (χ3n) is 2.65. The number of hydrogen-bond acceptors (Lipinski definition) is 3. The minimum Gasteiger partial charge on any atom is -0.443 e. The van der Waals surface area contributed by atoms with Crippen molar-refractivity contribution in [2.24, 2.45) is 5.92 Å². The van der Waals surface area contributed by atoms with Crippen LogP contribution in [0, 0.1) is 5.92 Å². The number of amides is 1. The first-order valence-corrected chi connectivity index (χ1v) is 5.01. The standard InChI is InChI=1S/C10H19NO3/c1-8-4-5-10(2,6-8)14-9(12)11-7-13-3/h8H,4-7H2,1-3H3,(H,11,12). The number of hydrogen-bond donors (Lipinski definition) is 1. The van der Waals surface area contributed by atoms with Gasteiger partial charge in [0.05, 0.1) is 0 Å². The van der Waals surface area contributed by atoms with Gasteiger partial charge in [0.2, 0.25) is 0 Å². The highest BCUT2D eigenvalue weighted by Crippen LogP contribution is 2.36. The smallest absolute Gasteiger partial charge is 0.409 e. The van der Waals surface area contributed by atoms with Crippen molar-refractivity contribution in [2.45, 2.75) is 38.7 Å². The van der Waals surface area contributed by atoms with Crippen LogP contribution in [-0.4, -0.2) is 25.5 Å². The summed E-state index contributed by atoms with van der Waals surface area (Å²) in [6.45, 7) is 4.37. The van der Waals surface area contributed by atoms with Gasteiger partial charge in [0.15, 0.2) is 0 Å². The first kappa shape index (κ1) is 11.3. The summed E-state index contributed by atoms with van der Waals surface area (Å²) in [5.41, 5.74) is -0.281. The number of nitrogens with one attached hydrogen (secondary N) is 1. The molecule has 0 aliphatic heterocycles. The molecule has 0 aromatic rings. The quantitative estimate of drug-likeness (QED) is 0.709. The van der Waals surface area contributed by atoms with E-state index in [0.29, 0.717) is 5.92 Å². The molecule has 1 aliphatic carbocycles. The van der Waals surface area contributed by atoms with Gasteiger partial charge in [0.1, 0.15) is 12.3 Å². The molecule has 0 radical (unpaired) electrons. The Morgan fingerprint density at radius 3 is 2.86 bits per heavy atom. The number of methoxy groups -OCH3 is 1. The van der Waals surface area contributed by atoms with Crippen molar-refractivity contribution in [1.82, 2.24) is 5.32 Å². The van der Waals surface area contributed by atoms with E-state index in [0.717, 1.165) is 19.3 Å². The molecule has 0 bridgehead atoms. The Bertz CT molecular complexity index is 208. The number of carbonyl (C=O) groups is 1. The molecule has 1 amide bonds. The molecule has 0 spiro atoms. The highest BCUT2D eigenvalue weighted by atomic mass is 16.6. The summed E-state index contributed by atoms with van der Waals surface area (Å²) < 4.78 is 10.1. The first-order chi connectivity index (χ1) is 6.56. The molecule has 1 fully saturated rings. The molecular formula is C10H19NO3. The van der Waals surface area contributed by atoms with Gasteiger partial charge in [-0.25, -0.2) is 4.79 Å². The predicted octanol–water partition coefficient (Wildman–Crippen LogP) is 1.90. The topological polar surface area (TPSA) is 47.6 Å². The van der Waals surface area contributed by atoms with Crippen LogP contribution < -0.4 is 5.32 Å². The fourth-order valence-electron chi connectivity index (χ4n) is 1.98. The second-order valence-corrected chi connectivity index (χ2v) is 4.30. The largest absolute Gasteiger partial charge is 0.443 e. The van der Waals surface area contributed by atoms with Gasteiger partial charge >= 0.3 is 6.09 Å². The fourth-order valence-corrected chi connectivity index (χ4v) is 1.98. The van der Waals surface area contributed by atoms with Crippen molar-refractivity contribution >= 4 is 6.09 Å². The zero-order valence-corrected chi connectivity index (χ0v) is 9.13. The molecule has 0 aromatic carbocycles. The lowest BCUT2D eigenvalue weighted by atomic mass is 10.0. The molecule has 82 valence electrons. The van der Waals surface area contributed by atoms with Gasteiger partial charge in [-0.1, -0.05) is 6.92 Å². The molecule has 14 heavy (non-hydrogen) atoms. The Morgan fingerprint density at radius 2 is 2.36 bits per heavy atom. The molecule has 0 heterocycles. The van der Waals surface area contributed by atoms with Gasteiger partial charge in [-0.15, -0.1) is 0 Å². The summed E-state index contributed by atoms with van der Waals surface area (Å²) in [6, 6.07) is 0. The zero-order chi connectivity index (χ0) is 10.6. The number of rotatable bonds is 3. The molecule has 4 nitrogen and oxygen atoms in total. The van der Waals surface area contributed by atoms with Crippen LogP contribution in [0.3, 0.4) is 0 Å². The maximum Gasteiger partial charge on any atom is 0.409 e. The average molecular weight is 201 g/mol. The van der Waals surface area contributed by atoms with Crippen LogP contribution in [0.15, 0.2) is 0 Å². The predicted molar refractivity (Wildman–Crippen MR) is 52.9 cm³/mol. The second kappa shape index (κ2) is 4.64. The van der Waals surface area contributed by atoms with Gasteiger partial charge in [-0.3, -0.25) is 5.32 Å². The highest BCUT2D eigenvalue weighted by molar-refractivity contribution is 5.67. The summed E-state index contributed by atoms with van der Waals surface area (Å²) >= 11 is 0. The maximum absolute atomic E-state index is 11.3. The van der Waals surface area contributed by atoms with E-state index in [4.69, 9.17) is 9.47 Å². The fraction of sp³-hybridized carbons (Fsp3) is 0.900. The third-order valence-corrected chi connectivity index (χ3v) is 2.65. The van der Waals surface area contributed by atoms with E-state index in [-0.39, 0.29) is 18.4 Å². The van der Waals surface area contributed by atoms with Crippen LogP contribution in [-0.2, 0) is 9.47 Å². The molecule has 0 aromatic heterocycles. The normalized spacial score (nSPS) is 31.5. The van der Waals surface area contributed by atoms with Gasteiger partial charge in [-0.05, 0) is 32.1 Å². The molecular weight excluding hydrogens is 182 g/mol. The van der Waals surface area contributed by atoms with E-state index in [1.165, 1.54) is 7.11 Å². The maximum atomic E-state index is 11.3. The van der Waals surface area contributed by atoms with Crippen LogP contribution in [0.4, 0.5) is 4.79 Å². The Morgan fingerprint density at radius 1 is 1.64 bits per heavy atom. The molecule has 4 heteroatoms. The monoisotopic (exact) mass is 201 g/mol. The minimum atomic E-state index is -0.386. The van der Waals surface area contributed by atoms with E-state index in [2.05, 4.69) is 12.2 Å². The summed E-state index contributed by atoms with van der Waals surface area (Å²) in [7, 11) is 1.53. The van der Waals surface area contributed by atoms with Crippen LogP contribution in [0.1, 0.15) is 33.1 Å². The molecule has 2 atom stereocenters. The number of ether oxygens (including phenoxy) is 2. The highest BCUT2D eigenvalue weighted by Gasteiger charge is 2.36. The number of carbonyl (C=O) groups excluding carboxylic acids is 1. The summed E-state index contributed by atoms with van der Waals surface area (Å²) in [5, 5.41) is 2.52. The molecule has 1 N–H and O–H groups in total. The Hall–Kier alpha value is -0.770. The van der Waals surface area contributed by atoms with Crippen molar-refractivity contribution in [3.63, 3.8) is 0 Å². The first-order valence-electron chi connectivity index (χ1n) is 5.01. The number of alkyl carbamates (subject to hydrolysis) is 1. The Balaban J connectivity index is 2.32. The van der Waals surface area contributed by atoms with Crippen LogP contribution in [0.25, 0.3) is 0 Å². The second-order valence-electron chi connectivity index (χ2n) is 4.30. The molecule has 1 aliphatic rings. The van der Waals surface area contributed by atoms with Crippen LogP contribution in [0.2, 0.25) is 0 Å². The van der Waals surface area contributed by atoms with E-state index in [1.807, 2.05) is 6.92 Å². The van der Waals surface area contributed by atoms with Crippen LogP contribution in [0.5, 0.6) is 0 Å². The lowest BCUT2D eigenvalue weighted by molar-refractivity contribution is 0.0217. The Labute approximate surface area is 85.0 Å². The van der Waals surface area contributed by atoms with Crippen LogP contribution >= 0.6 is 0 Å². The minimum absolute atomic E-state index is 0.199. The summed E-state index contributed by atoms with van der Waals surface area (Å²) in [4.78, 5) is 11.3. The molecule has 1 rings (SSSR count). The van der Waals surface area contributed by atoms with Gasteiger partial charge in [0.25, 0.3) is 0 Å². The van der Waals surface area contributed by atoms with Crippen molar-refractivity contribution < 1.29 is 14.3 Å². The van der Waals surface area contributed by atoms with Crippen molar-refractivity contribution in [3.05, 3.63) is 0 Å². The lowest BCUT2D eigenvalue weighted by Crippen LogP contribution is -2.35. The molecule has 0 saturated heterocycles. The molecule has 1 saturated carbocycles. The lowest BCUT2D eigenvalue weighted by Gasteiger charge is -2.24. The van der Waals surface area contributed by atoms with E-state index in [1.54, 1.807) is 0 Å². The van der Waals surface area contributed by atoms with Gasteiger partial charge in [0, 0.05) is 7.11 Å². The third kappa shape index (κ3) is 3.18. The average Bonchev–Trinajstić information content (AvgIpc) is 2.42. The van der Waals surface area contributed by atoms with Crippen molar-refractivity contribution in [3.8, 4) is 0 Å². The van der Waals surface area contributed by atoms with Crippen molar-refractivity contribution in [2.75, 3.05) is 13.8 Å². The summed E-state index contributed by atoms with van der Waals surface area (Å²) in [5.74, 6) is 0.648. The van der Waals surface area contributed by atoms with E-state index < -0.39 is 0 Å². The van der Waals surface area contributed by atoms with Gasteiger partial charge in [-0.2, -0.15) is 0 Å². The Kier molecular flexibility index (Phi) is 3.75. The van der Waals surface area contributed by atoms with E-state index in [9.17, 15) is 4.79 Å². The SMILES string of the molecule is COCNC(=O)OC1(C)CCC(C)C1. The molecule has 2 unspecified atom stereocenters. The van der Waals surface area contributed by atoms with Gasteiger partial charge < -0.3 is 9.47 Å². The van der Waals surface area contributed by atoms with Crippen molar-refractivity contribution in [1.29, 1.82) is 0 Å². The van der Waals surface area contributed by atoms with E-state index >= 15 is 0 Å². The summed E-state index contributed by atoms with van der Waals surface area (Å²) in [6.07, 6.45) is 2.65. The zero-order valence-electron chi connectivity index (χ0n) is 9.13.